The summed E-state index contributed by atoms with van der Waals surface area (Å²) < 4.78 is 0. The highest BCUT2D eigenvalue weighted by atomic mass is 16.3. The van der Waals surface area contributed by atoms with Crippen molar-refractivity contribution in [3.63, 3.8) is 0 Å². The average molecular weight is 252 g/mol. The van der Waals surface area contributed by atoms with Crippen LogP contribution in [0.3, 0.4) is 0 Å². The molecule has 0 aromatic heterocycles. The Morgan fingerprint density at radius 3 is 1.58 bits per heavy atom. The molecule has 0 fully saturated rings. The zero-order chi connectivity index (χ0) is 13.9. The van der Waals surface area contributed by atoms with Gasteiger partial charge in [0, 0.05) is 0 Å². The Kier molecular flexibility index (Phi) is 3.75. The molecule has 1 N–H and O–H groups in total. The first-order valence-corrected chi connectivity index (χ1v) is 6.53. The van der Waals surface area contributed by atoms with Crippen molar-refractivity contribution in [1.82, 2.24) is 0 Å². The van der Waals surface area contributed by atoms with Crippen molar-refractivity contribution in [3.05, 3.63) is 65.2 Å². The van der Waals surface area contributed by atoms with E-state index in [0.717, 1.165) is 5.56 Å². The van der Waals surface area contributed by atoms with Crippen LogP contribution in [0.4, 0.5) is 0 Å². The van der Waals surface area contributed by atoms with E-state index in [1.807, 2.05) is 18.2 Å². The molecule has 0 aliphatic heterocycles. The molecule has 0 aliphatic rings. The summed E-state index contributed by atoms with van der Waals surface area (Å²) in [5.74, 6) is 0.298. The summed E-state index contributed by atoms with van der Waals surface area (Å²) in [4.78, 5) is 0. The largest absolute Gasteiger partial charge is 0.508 e. The van der Waals surface area contributed by atoms with Crippen LogP contribution in [-0.2, 0) is 5.41 Å². The van der Waals surface area contributed by atoms with Crippen LogP contribution < -0.4 is 0 Å². The van der Waals surface area contributed by atoms with E-state index < -0.39 is 0 Å². The van der Waals surface area contributed by atoms with Crippen molar-refractivity contribution in [3.8, 4) is 5.75 Å². The minimum absolute atomic E-state index is 0.194. The standard InChI is InChI=1S/C18H20O/c1-18(2,3)16-10-6-14(7-11-16)4-5-15-8-12-17(19)13-9-15/h4-13,19H,1-3H3. The molecule has 2 rings (SSSR count). The van der Waals surface area contributed by atoms with Crippen LogP contribution in [0.5, 0.6) is 5.75 Å². The Bertz CT molecular complexity index is 554. The summed E-state index contributed by atoms with van der Waals surface area (Å²) in [5, 5.41) is 9.22. The van der Waals surface area contributed by atoms with Gasteiger partial charge in [-0.3, -0.25) is 0 Å². The second-order valence-electron chi connectivity index (χ2n) is 5.80. The van der Waals surface area contributed by atoms with Gasteiger partial charge >= 0.3 is 0 Å². The van der Waals surface area contributed by atoms with E-state index in [1.54, 1.807) is 12.1 Å². The molecule has 0 spiro atoms. The van der Waals surface area contributed by atoms with E-state index in [1.165, 1.54) is 11.1 Å². The first kappa shape index (κ1) is 13.4. The summed E-state index contributed by atoms with van der Waals surface area (Å²) in [6.07, 6.45) is 4.13. The highest BCUT2D eigenvalue weighted by Gasteiger charge is 2.12. The molecule has 0 amide bonds. The topological polar surface area (TPSA) is 20.2 Å². The van der Waals surface area contributed by atoms with Crippen LogP contribution in [0.2, 0.25) is 0 Å². The normalized spacial score (nSPS) is 11.9. The monoisotopic (exact) mass is 252 g/mol. The molecule has 0 bridgehead atoms. The number of aromatic hydroxyl groups is 1. The first-order chi connectivity index (χ1) is 8.95. The third kappa shape index (κ3) is 3.72. The lowest BCUT2D eigenvalue weighted by atomic mass is 9.87. The van der Waals surface area contributed by atoms with Crippen molar-refractivity contribution in [2.45, 2.75) is 26.2 Å². The van der Waals surface area contributed by atoms with E-state index in [4.69, 9.17) is 0 Å². The molecule has 0 saturated heterocycles. The molecule has 0 saturated carbocycles. The van der Waals surface area contributed by atoms with Crippen LogP contribution in [-0.4, -0.2) is 5.11 Å². The fourth-order valence-electron chi connectivity index (χ4n) is 1.87. The predicted molar refractivity (Wildman–Crippen MR) is 82.2 cm³/mol. The van der Waals surface area contributed by atoms with Crippen LogP contribution in [0.1, 0.15) is 37.5 Å². The number of hydrogen-bond donors (Lipinski definition) is 1. The number of benzene rings is 2. The predicted octanol–water partition coefficient (Wildman–Crippen LogP) is 4.86. The van der Waals surface area contributed by atoms with E-state index in [2.05, 4.69) is 51.1 Å². The van der Waals surface area contributed by atoms with Crippen LogP contribution in [0, 0.1) is 0 Å². The van der Waals surface area contributed by atoms with Crippen molar-refractivity contribution >= 4 is 12.2 Å². The Hall–Kier alpha value is -2.02. The van der Waals surface area contributed by atoms with Gasteiger partial charge in [-0.05, 0) is 34.2 Å². The molecule has 2 aromatic carbocycles. The maximum Gasteiger partial charge on any atom is 0.115 e. The zero-order valence-corrected chi connectivity index (χ0v) is 11.7. The first-order valence-electron chi connectivity index (χ1n) is 6.53. The fourth-order valence-corrected chi connectivity index (χ4v) is 1.87. The average Bonchev–Trinajstić information content (AvgIpc) is 2.37. The summed E-state index contributed by atoms with van der Waals surface area (Å²) in [7, 11) is 0. The molecular weight excluding hydrogens is 232 g/mol. The Morgan fingerprint density at radius 1 is 0.737 bits per heavy atom. The lowest BCUT2D eigenvalue weighted by Gasteiger charge is -2.18. The van der Waals surface area contributed by atoms with Gasteiger partial charge in [0.25, 0.3) is 0 Å². The van der Waals surface area contributed by atoms with Gasteiger partial charge in [0.15, 0.2) is 0 Å². The van der Waals surface area contributed by atoms with Gasteiger partial charge in [-0.25, -0.2) is 0 Å². The zero-order valence-electron chi connectivity index (χ0n) is 11.7. The van der Waals surface area contributed by atoms with Gasteiger partial charge in [0.05, 0.1) is 0 Å². The molecule has 98 valence electrons. The van der Waals surface area contributed by atoms with Gasteiger partial charge in [-0.1, -0.05) is 69.3 Å². The van der Waals surface area contributed by atoms with Gasteiger partial charge in [-0.15, -0.1) is 0 Å². The van der Waals surface area contributed by atoms with Crippen molar-refractivity contribution in [2.24, 2.45) is 0 Å². The number of phenolic OH excluding ortho intramolecular Hbond substituents is 1. The molecule has 19 heavy (non-hydrogen) atoms. The maximum absolute atomic E-state index is 9.22. The molecule has 1 heteroatoms. The minimum Gasteiger partial charge on any atom is -0.508 e. The second-order valence-corrected chi connectivity index (χ2v) is 5.80. The lowest BCUT2D eigenvalue weighted by molar-refractivity contribution is 0.475. The fraction of sp³-hybridized carbons (Fsp3) is 0.222. The van der Waals surface area contributed by atoms with Gasteiger partial charge < -0.3 is 5.11 Å². The van der Waals surface area contributed by atoms with E-state index in [-0.39, 0.29) is 5.41 Å². The Labute approximate surface area is 115 Å². The summed E-state index contributed by atoms with van der Waals surface area (Å²) in [5.41, 5.74) is 3.80. The summed E-state index contributed by atoms with van der Waals surface area (Å²) in [6.45, 7) is 6.65. The number of rotatable bonds is 2. The third-order valence-corrected chi connectivity index (χ3v) is 3.14. The van der Waals surface area contributed by atoms with Crippen molar-refractivity contribution < 1.29 is 5.11 Å². The quantitative estimate of drug-likeness (QED) is 0.757. The highest BCUT2D eigenvalue weighted by Crippen LogP contribution is 2.22. The Balaban J connectivity index is 2.13. The summed E-state index contributed by atoms with van der Waals surface area (Å²) in [6, 6.07) is 15.8. The van der Waals surface area contributed by atoms with Gasteiger partial charge in [-0.2, -0.15) is 0 Å². The second kappa shape index (κ2) is 5.31. The molecule has 2 aromatic rings. The lowest BCUT2D eigenvalue weighted by Crippen LogP contribution is -2.10. The van der Waals surface area contributed by atoms with Crippen LogP contribution in [0.15, 0.2) is 48.5 Å². The molecule has 0 radical (unpaired) electrons. The molecule has 1 nitrogen and oxygen atoms in total. The SMILES string of the molecule is CC(C)(C)c1ccc(C=Cc2ccc(O)cc2)cc1. The number of hydrogen-bond acceptors (Lipinski definition) is 1. The molecule has 0 unspecified atom stereocenters. The molecule has 0 aliphatic carbocycles. The summed E-state index contributed by atoms with van der Waals surface area (Å²) >= 11 is 0. The Morgan fingerprint density at radius 2 is 1.16 bits per heavy atom. The molecular formula is C18H20O. The minimum atomic E-state index is 0.194. The van der Waals surface area contributed by atoms with Crippen LogP contribution >= 0.6 is 0 Å². The molecule has 0 heterocycles. The molecule has 0 atom stereocenters. The van der Waals surface area contributed by atoms with E-state index in [0.29, 0.717) is 5.75 Å². The van der Waals surface area contributed by atoms with E-state index >= 15 is 0 Å². The maximum atomic E-state index is 9.22. The van der Waals surface area contributed by atoms with Crippen molar-refractivity contribution in [2.75, 3.05) is 0 Å². The van der Waals surface area contributed by atoms with Crippen molar-refractivity contribution in [1.29, 1.82) is 0 Å². The highest BCUT2D eigenvalue weighted by molar-refractivity contribution is 5.69. The van der Waals surface area contributed by atoms with Crippen LogP contribution in [0.25, 0.3) is 12.2 Å². The van der Waals surface area contributed by atoms with Gasteiger partial charge in [0.1, 0.15) is 5.75 Å². The number of phenols is 1. The van der Waals surface area contributed by atoms with E-state index in [9.17, 15) is 5.11 Å². The third-order valence-electron chi connectivity index (χ3n) is 3.14. The van der Waals surface area contributed by atoms with Gasteiger partial charge in [0.2, 0.25) is 0 Å². The smallest absolute Gasteiger partial charge is 0.115 e.